The minimum Gasteiger partial charge on any atom is -0.469 e. The molecule has 0 spiro atoms. The Morgan fingerprint density at radius 1 is 1.53 bits per heavy atom. The highest BCUT2D eigenvalue weighted by atomic mass is 32.2. The Balaban J connectivity index is 2.37. The van der Waals surface area contributed by atoms with Crippen molar-refractivity contribution in [2.24, 2.45) is 0 Å². The normalized spacial score (nSPS) is 11.3. The van der Waals surface area contributed by atoms with Gasteiger partial charge in [-0.3, -0.25) is 4.79 Å². The van der Waals surface area contributed by atoms with E-state index in [0.29, 0.717) is 24.5 Å². The number of aryl methyl sites for hydroxylation is 1. The summed E-state index contributed by atoms with van der Waals surface area (Å²) in [6.45, 7) is 1.98. The summed E-state index contributed by atoms with van der Waals surface area (Å²) >= 11 is 1.40. The number of rotatable bonds is 8. The van der Waals surface area contributed by atoms with Crippen LogP contribution in [-0.4, -0.2) is 44.5 Å². The van der Waals surface area contributed by atoms with E-state index in [2.05, 4.69) is 15.0 Å². The molecule has 0 saturated heterocycles. The first kappa shape index (κ1) is 15.9. The first-order valence-electron chi connectivity index (χ1n) is 5.92. The number of anilines is 1. The molecule has 19 heavy (non-hydrogen) atoms. The van der Waals surface area contributed by atoms with Crippen molar-refractivity contribution in [2.45, 2.75) is 19.8 Å². The molecule has 1 aromatic rings. The van der Waals surface area contributed by atoms with Crippen LogP contribution in [-0.2, 0) is 25.8 Å². The number of thiazole rings is 1. The number of esters is 1. The summed E-state index contributed by atoms with van der Waals surface area (Å²) in [6.07, 6.45) is 0.821. The van der Waals surface area contributed by atoms with Gasteiger partial charge in [-0.05, 0) is 0 Å². The number of nitrogens with zero attached hydrogens (tertiary/aromatic N) is 1. The van der Waals surface area contributed by atoms with E-state index in [1.807, 2.05) is 5.38 Å². The molecule has 1 rings (SSSR count). The summed E-state index contributed by atoms with van der Waals surface area (Å²) in [6, 6.07) is 0. The minimum absolute atomic E-state index is 0.0978. The number of hydrogen-bond acceptors (Lipinski definition) is 7. The molecule has 0 saturated carbocycles. The minimum atomic E-state index is -2.95. The van der Waals surface area contributed by atoms with Gasteiger partial charge in [0.25, 0.3) is 0 Å². The zero-order valence-electron chi connectivity index (χ0n) is 11.0. The third kappa shape index (κ3) is 6.02. The zero-order valence-corrected chi connectivity index (χ0v) is 12.6. The number of carbonyl (C=O) groups excluding carboxylic acids is 1. The quantitative estimate of drug-likeness (QED) is 0.724. The molecule has 0 bridgehead atoms. The van der Waals surface area contributed by atoms with Gasteiger partial charge in [0, 0.05) is 24.1 Å². The van der Waals surface area contributed by atoms with Crippen LogP contribution in [0.1, 0.15) is 19.0 Å². The Morgan fingerprint density at radius 2 is 2.26 bits per heavy atom. The lowest BCUT2D eigenvalue weighted by Crippen LogP contribution is -2.17. The molecule has 0 unspecified atom stereocenters. The molecular weight excluding hydrogens is 288 g/mol. The third-order valence-corrected chi connectivity index (χ3v) is 5.05. The van der Waals surface area contributed by atoms with Crippen LogP contribution in [0.4, 0.5) is 5.13 Å². The summed E-state index contributed by atoms with van der Waals surface area (Å²) in [5, 5.41) is 5.49. The molecule has 1 aromatic heterocycles. The van der Waals surface area contributed by atoms with Gasteiger partial charge in [-0.2, -0.15) is 0 Å². The van der Waals surface area contributed by atoms with Crippen LogP contribution < -0.4 is 5.32 Å². The van der Waals surface area contributed by atoms with E-state index in [1.54, 1.807) is 6.92 Å². The number of sulfone groups is 1. The van der Waals surface area contributed by atoms with Crippen molar-refractivity contribution in [3.8, 4) is 0 Å². The SMILES string of the molecule is CCS(=O)(=O)CCNc1nc(CCC(=O)OC)cs1. The van der Waals surface area contributed by atoms with Crippen molar-refractivity contribution >= 4 is 32.3 Å². The second kappa shape index (κ2) is 7.44. The molecule has 108 valence electrons. The second-order valence-electron chi connectivity index (χ2n) is 3.88. The van der Waals surface area contributed by atoms with E-state index in [0.717, 1.165) is 5.69 Å². The van der Waals surface area contributed by atoms with Crippen LogP contribution in [0.15, 0.2) is 5.38 Å². The lowest BCUT2D eigenvalue weighted by atomic mass is 10.2. The molecule has 0 aliphatic carbocycles. The first-order valence-corrected chi connectivity index (χ1v) is 8.62. The first-order chi connectivity index (χ1) is 8.96. The number of hydrogen-bond donors (Lipinski definition) is 1. The van der Waals surface area contributed by atoms with Gasteiger partial charge in [0.15, 0.2) is 15.0 Å². The highest BCUT2D eigenvalue weighted by Gasteiger charge is 2.08. The lowest BCUT2D eigenvalue weighted by molar-refractivity contribution is -0.140. The maximum Gasteiger partial charge on any atom is 0.305 e. The predicted octanol–water partition coefficient (Wildman–Crippen LogP) is 1.10. The molecule has 0 aliphatic heterocycles. The molecule has 0 fully saturated rings. The lowest BCUT2D eigenvalue weighted by Gasteiger charge is -2.02. The smallest absolute Gasteiger partial charge is 0.305 e. The highest BCUT2D eigenvalue weighted by Crippen LogP contribution is 2.16. The van der Waals surface area contributed by atoms with Crippen LogP contribution >= 0.6 is 11.3 Å². The molecule has 6 nitrogen and oxygen atoms in total. The fourth-order valence-corrected chi connectivity index (χ4v) is 2.77. The van der Waals surface area contributed by atoms with E-state index < -0.39 is 9.84 Å². The molecule has 8 heteroatoms. The molecular formula is C11H18N2O4S2. The van der Waals surface area contributed by atoms with E-state index in [-0.39, 0.29) is 17.5 Å². The monoisotopic (exact) mass is 306 g/mol. The number of nitrogens with one attached hydrogen (secondary N) is 1. The molecule has 0 atom stereocenters. The number of aromatic nitrogens is 1. The molecule has 1 N–H and O–H groups in total. The van der Waals surface area contributed by atoms with Crippen molar-refractivity contribution < 1.29 is 17.9 Å². The van der Waals surface area contributed by atoms with Crippen LogP contribution in [0, 0.1) is 0 Å². The maximum absolute atomic E-state index is 11.3. The van der Waals surface area contributed by atoms with E-state index in [4.69, 9.17) is 0 Å². The van der Waals surface area contributed by atoms with Gasteiger partial charge in [0.05, 0.1) is 25.0 Å². The van der Waals surface area contributed by atoms with Gasteiger partial charge < -0.3 is 10.1 Å². The van der Waals surface area contributed by atoms with Gasteiger partial charge in [-0.25, -0.2) is 13.4 Å². The van der Waals surface area contributed by atoms with Gasteiger partial charge in [-0.1, -0.05) is 6.92 Å². The van der Waals surface area contributed by atoms with Crippen molar-refractivity contribution in [3.05, 3.63) is 11.1 Å². The Kier molecular flexibility index (Phi) is 6.23. The summed E-state index contributed by atoms with van der Waals surface area (Å²) in [5.41, 5.74) is 0.802. The van der Waals surface area contributed by atoms with Gasteiger partial charge in [0.1, 0.15) is 0 Å². The van der Waals surface area contributed by atoms with E-state index >= 15 is 0 Å². The van der Waals surface area contributed by atoms with E-state index in [9.17, 15) is 13.2 Å². The average molecular weight is 306 g/mol. The molecule has 0 amide bonds. The second-order valence-corrected chi connectivity index (χ2v) is 7.21. The summed E-state index contributed by atoms with van der Waals surface area (Å²) in [7, 11) is -1.60. The Morgan fingerprint density at radius 3 is 2.89 bits per heavy atom. The zero-order chi connectivity index (χ0) is 14.3. The molecule has 1 heterocycles. The summed E-state index contributed by atoms with van der Waals surface area (Å²) < 4.78 is 27.1. The van der Waals surface area contributed by atoms with Crippen LogP contribution in [0.5, 0.6) is 0 Å². The highest BCUT2D eigenvalue weighted by molar-refractivity contribution is 7.91. The Labute approximate surface area is 117 Å². The maximum atomic E-state index is 11.3. The number of carbonyl (C=O) groups is 1. The molecule has 0 aromatic carbocycles. The largest absolute Gasteiger partial charge is 0.469 e. The van der Waals surface area contributed by atoms with Crippen LogP contribution in [0.3, 0.4) is 0 Å². The molecule has 0 aliphatic rings. The van der Waals surface area contributed by atoms with E-state index in [1.165, 1.54) is 18.4 Å². The number of ether oxygens (including phenoxy) is 1. The molecule has 0 radical (unpaired) electrons. The summed E-state index contributed by atoms with van der Waals surface area (Å²) in [5.74, 6) is -0.0196. The van der Waals surface area contributed by atoms with Crippen LogP contribution in [0.25, 0.3) is 0 Å². The van der Waals surface area contributed by atoms with Gasteiger partial charge >= 0.3 is 5.97 Å². The Bertz CT molecular complexity index is 511. The predicted molar refractivity (Wildman–Crippen MR) is 75.3 cm³/mol. The van der Waals surface area contributed by atoms with Crippen molar-refractivity contribution in [3.63, 3.8) is 0 Å². The standard InChI is InChI=1S/C11H18N2O4S2/c1-3-19(15,16)7-6-12-11-13-9(8-18-11)4-5-10(14)17-2/h8H,3-7H2,1-2H3,(H,12,13). The fraction of sp³-hybridized carbons (Fsp3) is 0.636. The van der Waals surface area contributed by atoms with Crippen LogP contribution in [0.2, 0.25) is 0 Å². The summed E-state index contributed by atoms with van der Waals surface area (Å²) in [4.78, 5) is 15.2. The topological polar surface area (TPSA) is 85.4 Å². The third-order valence-electron chi connectivity index (χ3n) is 2.49. The number of methoxy groups -OCH3 is 1. The fourth-order valence-electron chi connectivity index (χ4n) is 1.29. The average Bonchev–Trinajstić information content (AvgIpc) is 2.83. The van der Waals surface area contributed by atoms with Crippen molar-refractivity contribution in [2.75, 3.05) is 30.5 Å². The van der Waals surface area contributed by atoms with Gasteiger partial charge in [0.2, 0.25) is 0 Å². The van der Waals surface area contributed by atoms with Crippen molar-refractivity contribution in [1.29, 1.82) is 0 Å². The Hall–Kier alpha value is -1.15. The van der Waals surface area contributed by atoms with Gasteiger partial charge in [-0.15, -0.1) is 11.3 Å². The van der Waals surface area contributed by atoms with Crippen molar-refractivity contribution in [1.82, 2.24) is 4.98 Å².